The van der Waals surface area contributed by atoms with Crippen LogP contribution in [0.2, 0.25) is 0 Å². The van der Waals surface area contributed by atoms with E-state index in [1.807, 2.05) is 19.1 Å². The van der Waals surface area contributed by atoms with Crippen LogP contribution in [0.3, 0.4) is 0 Å². The van der Waals surface area contributed by atoms with Crippen molar-refractivity contribution in [3.05, 3.63) is 28.7 Å². The highest BCUT2D eigenvalue weighted by Gasteiger charge is 2.09. The van der Waals surface area contributed by atoms with Gasteiger partial charge in [0, 0.05) is 16.7 Å². The van der Waals surface area contributed by atoms with E-state index in [0.29, 0.717) is 0 Å². The van der Waals surface area contributed by atoms with Crippen LogP contribution in [0.25, 0.3) is 0 Å². The third-order valence-electron chi connectivity index (χ3n) is 1.91. The normalized spacial score (nSPS) is 12.6. The Balaban J connectivity index is 2.91. The molecule has 13 heavy (non-hydrogen) atoms. The molecular formula is C10H13BrClN. The Labute approximate surface area is 92.8 Å². The zero-order valence-electron chi connectivity index (χ0n) is 7.80. The lowest BCUT2D eigenvalue weighted by Gasteiger charge is -2.25. The first-order valence-electron chi connectivity index (χ1n) is 4.31. The van der Waals surface area contributed by atoms with Crippen LogP contribution in [-0.2, 0) is 0 Å². The molecule has 1 nitrogen and oxygen atoms in total. The predicted molar refractivity (Wildman–Crippen MR) is 62.5 cm³/mol. The van der Waals surface area contributed by atoms with Crippen molar-refractivity contribution < 1.29 is 0 Å². The van der Waals surface area contributed by atoms with Crippen molar-refractivity contribution in [2.24, 2.45) is 0 Å². The Hall–Kier alpha value is -0.210. The summed E-state index contributed by atoms with van der Waals surface area (Å²) in [6.07, 6.45) is 0. The van der Waals surface area contributed by atoms with Gasteiger partial charge in [-0.05, 0) is 32.0 Å². The number of benzene rings is 1. The molecule has 1 aromatic carbocycles. The Morgan fingerprint density at radius 2 is 2.23 bits per heavy atom. The summed E-state index contributed by atoms with van der Waals surface area (Å²) in [5.74, 6) is 0. The van der Waals surface area contributed by atoms with Crippen LogP contribution in [0.4, 0.5) is 5.69 Å². The minimum Gasteiger partial charge on any atom is -0.356 e. The van der Waals surface area contributed by atoms with E-state index in [2.05, 4.69) is 39.9 Å². The fourth-order valence-corrected chi connectivity index (χ4v) is 1.93. The maximum Gasteiger partial charge on any atom is 0.101 e. The number of hydrogen-bond acceptors (Lipinski definition) is 1. The van der Waals surface area contributed by atoms with Gasteiger partial charge in [0.1, 0.15) is 5.50 Å². The van der Waals surface area contributed by atoms with Gasteiger partial charge in [-0.15, -0.1) is 0 Å². The summed E-state index contributed by atoms with van der Waals surface area (Å²) in [5.41, 5.74) is 1.18. The first-order chi connectivity index (χ1) is 6.15. The van der Waals surface area contributed by atoms with Crippen LogP contribution in [0.1, 0.15) is 13.8 Å². The molecule has 0 saturated heterocycles. The largest absolute Gasteiger partial charge is 0.356 e. The molecule has 0 amide bonds. The SMILES string of the molecule is CCN(c1cccc(Br)c1)C(C)Cl. The zero-order valence-corrected chi connectivity index (χ0v) is 10.1. The van der Waals surface area contributed by atoms with E-state index >= 15 is 0 Å². The quantitative estimate of drug-likeness (QED) is 0.591. The van der Waals surface area contributed by atoms with Gasteiger partial charge in [0.15, 0.2) is 0 Å². The van der Waals surface area contributed by atoms with Gasteiger partial charge in [0.05, 0.1) is 0 Å². The molecule has 0 radical (unpaired) electrons. The number of rotatable bonds is 3. The molecule has 0 saturated carbocycles. The topological polar surface area (TPSA) is 3.24 Å². The van der Waals surface area contributed by atoms with Crippen LogP contribution in [-0.4, -0.2) is 12.0 Å². The summed E-state index contributed by atoms with van der Waals surface area (Å²) >= 11 is 9.48. The highest BCUT2D eigenvalue weighted by Crippen LogP contribution is 2.22. The summed E-state index contributed by atoms with van der Waals surface area (Å²) in [6.45, 7) is 4.99. The van der Waals surface area contributed by atoms with Gasteiger partial charge in [-0.25, -0.2) is 0 Å². The number of nitrogens with zero attached hydrogens (tertiary/aromatic N) is 1. The van der Waals surface area contributed by atoms with Crippen LogP contribution in [0.15, 0.2) is 28.7 Å². The predicted octanol–water partition coefficient (Wildman–Crippen LogP) is 3.86. The molecule has 0 aliphatic carbocycles. The molecule has 3 heteroatoms. The fourth-order valence-electron chi connectivity index (χ4n) is 1.29. The van der Waals surface area contributed by atoms with E-state index in [9.17, 15) is 0 Å². The molecule has 0 fully saturated rings. The van der Waals surface area contributed by atoms with Crippen molar-refractivity contribution in [3.63, 3.8) is 0 Å². The molecule has 0 heterocycles. The molecular weight excluding hydrogens is 249 g/mol. The second kappa shape index (κ2) is 4.87. The second-order valence-corrected chi connectivity index (χ2v) is 4.39. The molecule has 1 atom stereocenters. The van der Waals surface area contributed by atoms with Crippen LogP contribution >= 0.6 is 27.5 Å². The molecule has 0 aliphatic heterocycles. The van der Waals surface area contributed by atoms with Gasteiger partial charge in [-0.1, -0.05) is 33.6 Å². The maximum absolute atomic E-state index is 6.04. The van der Waals surface area contributed by atoms with E-state index in [-0.39, 0.29) is 5.50 Å². The summed E-state index contributed by atoms with van der Waals surface area (Å²) in [7, 11) is 0. The van der Waals surface area contributed by atoms with E-state index in [1.165, 1.54) is 0 Å². The van der Waals surface area contributed by atoms with Crippen molar-refractivity contribution in [2.75, 3.05) is 11.4 Å². The van der Waals surface area contributed by atoms with E-state index < -0.39 is 0 Å². The van der Waals surface area contributed by atoms with Crippen molar-refractivity contribution >= 4 is 33.2 Å². The van der Waals surface area contributed by atoms with Crippen LogP contribution in [0.5, 0.6) is 0 Å². The smallest absolute Gasteiger partial charge is 0.101 e. The average molecular weight is 263 g/mol. The molecule has 1 rings (SSSR count). The molecule has 0 N–H and O–H groups in total. The van der Waals surface area contributed by atoms with Gasteiger partial charge in [0.2, 0.25) is 0 Å². The Morgan fingerprint density at radius 1 is 1.54 bits per heavy atom. The number of alkyl halides is 1. The van der Waals surface area contributed by atoms with Gasteiger partial charge in [-0.3, -0.25) is 0 Å². The van der Waals surface area contributed by atoms with Gasteiger partial charge < -0.3 is 4.90 Å². The molecule has 1 aromatic rings. The summed E-state index contributed by atoms with van der Waals surface area (Å²) in [4.78, 5) is 2.13. The average Bonchev–Trinajstić information content (AvgIpc) is 2.04. The van der Waals surface area contributed by atoms with Crippen molar-refractivity contribution in [3.8, 4) is 0 Å². The molecule has 0 bridgehead atoms. The lowest BCUT2D eigenvalue weighted by Crippen LogP contribution is -2.28. The lowest BCUT2D eigenvalue weighted by molar-refractivity contribution is 0.814. The van der Waals surface area contributed by atoms with Crippen LogP contribution < -0.4 is 4.90 Å². The first kappa shape index (κ1) is 10.9. The van der Waals surface area contributed by atoms with E-state index in [1.54, 1.807) is 0 Å². The summed E-state index contributed by atoms with van der Waals surface area (Å²) in [5, 5.41) is 0. The molecule has 0 aromatic heterocycles. The Kier molecular flexibility index (Phi) is 4.07. The van der Waals surface area contributed by atoms with Gasteiger partial charge in [-0.2, -0.15) is 0 Å². The van der Waals surface area contributed by atoms with Gasteiger partial charge in [0.25, 0.3) is 0 Å². The van der Waals surface area contributed by atoms with Crippen molar-refractivity contribution in [2.45, 2.75) is 19.3 Å². The Morgan fingerprint density at radius 3 is 2.69 bits per heavy atom. The minimum atomic E-state index is 0.0271. The maximum atomic E-state index is 6.04. The summed E-state index contributed by atoms with van der Waals surface area (Å²) in [6, 6.07) is 8.16. The van der Waals surface area contributed by atoms with Gasteiger partial charge >= 0.3 is 0 Å². The first-order valence-corrected chi connectivity index (χ1v) is 5.54. The van der Waals surface area contributed by atoms with E-state index in [4.69, 9.17) is 11.6 Å². The van der Waals surface area contributed by atoms with Crippen molar-refractivity contribution in [1.82, 2.24) is 0 Å². The summed E-state index contributed by atoms with van der Waals surface area (Å²) < 4.78 is 1.08. The fraction of sp³-hybridized carbons (Fsp3) is 0.400. The molecule has 72 valence electrons. The lowest BCUT2D eigenvalue weighted by atomic mass is 10.3. The second-order valence-electron chi connectivity index (χ2n) is 2.84. The Bertz CT molecular complexity index is 275. The third kappa shape index (κ3) is 2.89. The van der Waals surface area contributed by atoms with Crippen LogP contribution in [0, 0.1) is 0 Å². The molecule has 0 spiro atoms. The number of anilines is 1. The molecule has 0 aliphatic rings. The molecule has 1 unspecified atom stereocenters. The third-order valence-corrected chi connectivity index (χ3v) is 2.64. The minimum absolute atomic E-state index is 0.0271. The highest BCUT2D eigenvalue weighted by molar-refractivity contribution is 9.10. The van der Waals surface area contributed by atoms with E-state index in [0.717, 1.165) is 16.7 Å². The highest BCUT2D eigenvalue weighted by atomic mass is 79.9. The monoisotopic (exact) mass is 261 g/mol. The number of hydrogen-bond donors (Lipinski definition) is 0. The standard InChI is InChI=1S/C10H13BrClN/c1-3-13(8(2)12)10-6-4-5-9(11)7-10/h4-8H,3H2,1-2H3. The van der Waals surface area contributed by atoms with Crippen molar-refractivity contribution in [1.29, 1.82) is 0 Å². The number of halogens is 2. The zero-order chi connectivity index (χ0) is 9.84.